The Morgan fingerprint density at radius 2 is 1.53 bits per heavy atom. The average Bonchev–Trinajstić information content (AvgIpc) is 2.63. The van der Waals surface area contributed by atoms with Crippen molar-refractivity contribution < 1.29 is 1.43 Å². The van der Waals surface area contributed by atoms with Gasteiger partial charge in [-0.05, 0) is 36.9 Å². The maximum absolute atomic E-state index is 3.30. The maximum Gasteiger partial charge on any atom is 0.0458 e. The van der Waals surface area contributed by atoms with Crippen molar-refractivity contribution in [3.05, 3.63) is 35.5 Å². The molecule has 0 spiro atoms. The zero-order chi connectivity index (χ0) is 11.8. The third kappa shape index (κ3) is 3.78. The minimum Gasteiger partial charge on any atom is -0.359 e. The molecule has 0 atom stereocenters. The monoisotopic (exact) mass is 207 g/mol. The van der Waals surface area contributed by atoms with E-state index in [0.717, 1.165) is 0 Å². The van der Waals surface area contributed by atoms with E-state index < -0.39 is 0 Å². The quantitative estimate of drug-likeness (QED) is 0.620. The summed E-state index contributed by atoms with van der Waals surface area (Å²) in [4.78, 5) is 3.30. The van der Waals surface area contributed by atoms with Crippen molar-refractivity contribution in [2.75, 3.05) is 0 Å². The van der Waals surface area contributed by atoms with Crippen LogP contribution in [0.15, 0.2) is 24.3 Å². The van der Waals surface area contributed by atoms with E-state index in [1.807, 2.05) is 27.7 Å². The standard InChI is InChI=1S/C10H11N.2C2H6.H2/c1-7-3-4-9-6-8(2)11-10(9)5-7;2*1-2;/h3-6,11H,1-2H3;2*1-2H3;1H. The maximum atomic E-state index is 3.30. The molecule has 0 aliphatic carbocycles. The van der Waals surface area contributed by atoms with E-state index in [4.69, 9.17) is 0 Å². The van der Waals surface area contributed by atoms with E-state index >= 15 is 0 Å². The lowest BCUT2D eigenvalue weighted by atomic mass is 10.2. The molecule has 2 rings (SSSR count). The minimum absolute atomic E-state index is 0. The third-order valence-corrected chi connectivity index (χ3v) is 1.91. The summed E-state index contributed by atoms with van der Waals surface area (Å²) in [7, 11) is 0. The largest absolute Gasteiger partial charge is 0.359 e. The van der Waals surface area contributed by atoms with Gasteiger partial charge in [0.15, 0.2) is 0 Å². The van der Waals surface area contributed by atoms with E-state index in [1.165, 1.54) is 22.2 Å². The normalized spacial score (nSPS) is 8.67. The van der Waals surface area contributed by atoms with Crippen LogP contribution in [0.1, 0.15) is 40.4 Å². The third-order valence-electron chi connectivity index (χ3n) is 1.91. The van der Waals surface area contributed by atoms with Crippen molar-refractivity contribution in [2.45, 2.75) is 41.5 Å². The fourth-order valence-electron chi connectivity index (χ4n) is 1.39. The summed E-state index contributed by atoms with van der Waals surface area (Å²) in [5.74, 6) is 0. The van der Waals surface area contributed by atoms with Crippen LogP contribution in [-0.2, 0) is 0 Å². The molecule has 1 heterocycles. The summed E-state index contributed by atoms with van der Waals surface area (Å²) >= 11 is 0. The fraction of sp³-hybridized carbons (Fsp3) is 0.429. The molecule has 0 unspecified atom stereocenters. The first-order valence-electron chi connectivity index (χ1n) is 5.82. The van der Waals surface area contributed by atoms with Crippen LogP contribution in [0.2, 0.25) is 0 Å². The number of aryl methyl sites for hydroxylation is 2. The van der Waals surface area contributed by atoms with Crippen LogP contribution in [0.3, 0.4) is 0 Å². The Labute approximate surface area is 95.0 Å². The lowest BCUT2D eigenvalue weighted by Gasteiger charge is -1.90. The number of aromatic amines is 1. The van der Waals surface area contributed by atoms with E-state index in [9.17, 15) is 0 Å². The van der Waals surface area contributed by atoms with Crippen LogP contribution < -0.4 is 0 Å². The lowest BCUT2D eigenvalue weighted by molar-refractivity contribution is 1.30. The fourth-order valence-corrected chi connectivity index (χ4v) is 1.39. The number of H-pyrrole nitrogens is 1. The van der Waals surface area contributed by atoms with Crippen LogP contribution in [0.4, 0.5) is 0 Å². The van der Waals surface area contributed by atoms with Gasteiger partial charge >= 0.3 is 0 Å². The summed E-state index contributed by atoms with van der Waals surface area (Å²) in [6, 6.07) is 8.61. The van der Waals surface area contributed by atoms with Gasteiger partial charge in [0.25, 0.3) is 0 Å². The van der Waals surface area contributed by atoms with Crippen molar-refractivity contribution in [1.82, 2.24) is 4.98 Å². The van der Waals surface area contributed by atoms with Gasteiger partial charge in [0.1, 0.15) is 0 Å². The molecule has 0 fully saturated rings. The molecule has 2 aromatic rings. The molecule has 0 radical (unpaired) electrons. The van der Waals surface area contributed by atoms with E-state index in [-0.39, 0.29) is 1.43 Å². The second-order valence-corrected chi connectivity index (χ2v) is 3.04. The van der Waals surface area contributed by atoms with Crippen LogP contribution >= 0.6 is 0 Å². The SMILES string of the molecule is CC.CC.Cc1ccc2cc(C)[nH]c2c1.[HH]. The molecule has 0 aliphatic rings. The van der Waals surface area contributed by atoms with E-state index in [0.29, 0.717) is 0 Å². The Morgan fingerprint density at radius 3 is 2.13 bits per heavy atom. The summed E-state index contributed by atoms with van der Waals surface area (Å²) in [6.07, 6.45) is 0. The van der Waals surface area contributed by atoms with Crippen molar-refractivity contribution >= 4 is 10.9 Å². The highest BCUT2D eigenvalue weighted by Gasteiger charge is 1.95. The highest BCUT2D eigenvalue weighted by Crippen LogP contribution is 2.15. The second-order valence-electron chi connectivity index (χ2n) is 3.04. The van der Waals surface area contributed by atoms with Gasteiger partial charge in [0, 0.05) is 12.6 Å². The van der Waals surface area contributed by atoms with Gasteiger partial charge in [0.2, 0.25) is 0 Å². The molecule has 1 N–H and O–H groups in total. The number of hydrogen-bond donors (Lipinski definition) is 1. The van der Waals surface area contributed by atoms with Crippen LogP contribution in [0, 0.1) is 13.8 Å². The minimum atomic E-state index is 0. The predicted octanol–water partition coefficient (Wildman–Crippen LogP) is 5.08. The van der Waals surface area contributed by atoms with Crippen LogP contribution in [0.25, 0.3) is 10.9 Å². The number of rotatable bonds is 0. The molecule has 0 saturated carbocycles. The van der Waals surface area contributed by atoms with Crippen LogP contribution in [0.5, 0.6) is 0 Å². The first-order valence-corrected chi connectivity index (χ1v) is 5.82. The zero-order valence-corrected chi connectivity index (χ0v) is 10.8. The summed E-state index contributed by atoms with van der Waals surface area (Å²) < 4.78 is 0. The Hall–Kier alpha value is -1.24. The predicted molar refractivity (Wildman–Crippen MR) is 72.6 cm³/mol. The number of nitrogens with one attached hydrogen (secondary N) is 1. The number of aromatic nitrogens is 1. The Bertz CT molecular complexity index is 391. The average molecular weight is 207 g/mol. The topological polar surface area (TPSA) is 15.8 Å². The van der Waals surface area contributed by atoms with Crippen molar-refractivity contribution in [3.63, 3.8) is 0 Å². The summed E-state index contributed by atoms with van der Waals surface area (Å²) in [5, 5.41) is 1.30. The molecule has 86 valence electrons. The number of fused-ring (bicyclic) bond motifs is 1. The zero-order valence-electron chi connectivity index (χ0n) is 10.8. The molecule has 1 aromatic heterocycles. The second kappa shape index (κ2) is 7.10. The molecule has 15 heavy (non-hydrogen) atoms. The van der Waals surface area contributed by atoms with Crippen LogP contribution in [-0.4, -0.2) is 4.98 Å². The molecule has 0 bridgehead atoms. The Balaban J connectivity index is 0. The first-order chi connectivity index (χ1) is 7.25. The first kappa shape index (κ1) is 13.8. The van der Waals surface area contributed by atoms with Gasteiger partial charge < -0.3 is 4.98 Å². The highest BCUT2D eigenvalue weighted by molar-refractivity contribution is 5.80. The lowest BCUT2D eigenvalue weighted by Crippen LogP contribution is -1.71. The van der Waals surface area contributed by atoms with E-state index in [1.54, 1.807) is 0 Å². The summed E-state index contributed by atoms with van der Waals surface area (Å²) in [6.45, 7) is 12.2. The van der Waals surface area contributed by atoms with Gasteiger partial charge in [-0.15, -0.1) is 0 Å². The van der Waals surface area contributed by atoms with Gasteiger partial charge in [0.05, 0.1) is 0 Å². The van der Waals surface area contributed by atoms with Gasteiger partial charge in [-0.25, -0.2) is 0 Å². The summed E-state index contributed by atoms with van der Waals surface area (Å²) in [5.41, 5.74) is 3.77. The number of hydrogen-bond acceptors (Lipinski definition) is 0. The molecule has 0 aliphatic heterocycles. The molecular formula is C14H25N. The van der Waals surface area contributed by atoms with E-state index in [2.05, 4.69) is 43.1 Å². The van der Waals surface area contributed by atoms with Gasteiger partial charge in [-0.1, -0.05) is 39.8 Å². The Kier molecular flexibility index (Phi) is 6.52. The molecule has 1 aromatic carbocycles. The Morgan fingerprint density at radius 1 is 0.933 bits per heavy atom. The molecule has 1 nitrogen and oxygen atoms in total. The molecule has 0 amide bonds. The van der Waals surface area contributed by atoms with Crippen molar-refractivity contribution in [2.24, 2.45) is 0 Å². The molecule has 0 saturated heterocycles. The smallest absolute Gasteiger partial charge is 0.0458 e. The highest BCUT2D eigenvalue weighted by atomic mass is 14.7. The molecule has 1 heteroatoms. The molecular weight excluding hydrogens is 182 g/mol. The van der Waals surface area contributed by atoms with Gasteiger partial charge in [-0.3, -0.25) is 0 Å². The number of benzene rings is 1. The van der Waals surface area contributed by atoms with Crippen molar-refractivity contribution in [3.8, 4) is 0 Å². The van der Waals surface area contributed by atoms with Gasteiger partial charge in [-0.2, -0.15) is 0 Å². The van der Waals surface area contributed by atoms with Crippen molar-refractivity contribution in [1.29, 1.82) is 0 Å².